The lowest BCUT2D eigenvalue weighted by Crippen LogP contribution is -2.31. The average Bonchev–Trinajstić information content (AvgIpc) is 2.28. The van der Waals surface area contributed by atoms with Gasteiger partial charge in [0.05, 0.1) is 11.5 Å². The quantitative estimate of drug-likeness (QED) is 0.627. The molecule has 8 heteroatoms. The number of halogens is 1. The summed E-state index contributed by atoms with van der Waals surface area (Å²) in [7, 11) is 1.30. The minimum Gasteiger partial charge on any atom is -0.478 e. The Morgan fingerprint density at radius 2 is 2.28 bits per heavy atom. The molecule has 0 aromatic heterocycles. The van der Waals surface area contributed by atoms with Crippen molar-refractivity contribution in [3.05, 3.63) is 33.3 Å². The second kappa shape index (κ2) is 6.18. The van der Waals surface area contributed by atoms with Crippen molar-refractivity contribution >= 4 is 23.3 Å². The highest BCUT2D eigenvalue weighted by molar-refractivity contribution is 6.30. The lowest BCUT2D eigenvalue weighted by atomic mass is 10.3. The molecule has 1 aromatic carbocycles. The number of carboxylic acids is 1. The number of benzene rings is 1. The first-order chi connectivity index (χ1) is 8.45. The van der Waals surface area contributed by atoms with E-state index in [1.54, 1.807) is 0 Å². The number of nitro groups is 1. The summed E-state index contributed by atoms with van der Waals surface area (Å²) in [6.07, 6.45) is -1.34. The first-order valence-corrected chi connectivity index (χ1v) is 5.16. The molecule has 0 amide bonds. The van der Waals surface area contributed by atoms with Crippen molar-refractivity contribution in [1.29, 1.82) is 0 Å². The molecule has 18 heavy (non-hydrogen) atoms. The summed E-state index contributed by atoms with van der Waals surface area (Å²) in [4.78, 5) is 20.9. The molecule has 1 atom stereocenters. The molecule has 1 rings (SSSR count). The van der Waals surface area contributed by atoms with Crippen LogP contribution in [-0.4, -0.2) is 35.8 Å². The summed E-state index contributed by atoms with van der Waals surface area (Å²) >= 11 is 5.68. The predicted octanol–water partition coefficient (Wildman–Crippen LogP) is 1.73. The van der Waals surface area contributed by atoms with Gasteiger partial charge in [-0.2, -0.15) is 0 Å². The fourth-order valence-electron chi connectivity index (χ4n) is 1.19. The fraction of sp³-hybridized carbons (Fsp3) is 0.300. The Balaban J connectivity index is 3.03. The summed E-state index contributed by atoms with van der Waals surface area (Å²) in [5, 5.41) is 19.8. The SMILES string of the molecule is COCC(Oc1cc(Cl)ccc1[N+](=O)[O-])C(=O)O. The van der Waals surface area contributed by atoms with Crippen molar-refractivity contribution in [1.82, 2.24) is 0 Å². The Morgan fingerprint density at radius 1 is 1.61 bits per heavy atom. The summed E-state index contributed by atoms with van der Waals surface area (Å²) in [6.45, 7) is -0.237. The van der Waals surface area contributed by atoms with E-state index in [9.17, 15) is 14.9 Å². The zero-order chi connectivity index (χ0) is 13.7. The standard InChI is InChI=1S/C10H10ClNO6/c1-17-5-9(10(13)14)18-8-4-6(11)2-3-7(8)12(15)16/h2-4,9H,5H2,1H3,(H,13,14). The van der Waals surface area contributed by atoms with Gasteiger partial charge in [-0.05, 0) is 6.07 Å². The van der Waals surface area contributed by atoms with Crippen molar-refractivity contribution in [2.24, 2.45) is 0 Å². The smallest absolute Gasteiger partial charge is 0.347 e. The van der Waals surface area contributed by atoms with Crippen LogP contribution < -0.4 is 4.74 Å². The Kier molecular flexibility index (Phi) is 4.87. The third-order valence-electron chi connectivity index (χ3n) is 1.98. The van der Waals surface area contributed by atoms with Gasteiger partial charge in [-0.3, -0.25) is 10.1 Å². The molecule has 98 valence electrons. The monoisotopic (exact) mass is 275 g/mol. The molecular formula is C10H10ClNO6. The van der Waals surface area contributed by atoms with Crippen LogP contribution >= 0.6 is 11.6 Å². The minimum absolute atomic E-state index is 0.206. The van der Waals surface area contributed by atoms with Gasteiger partial charge in [-0.25, -0.2) is 4.79 Å². The molecule has 1 unspecified atom stereocenters. The van der Waals surface area contributed by atoms with Gasteiger partial charge in [0.1, 0.15) is 0 Å². The number of hydrogen-bond donors (Lipinski definition) is 1. The maximum atomic E-state index is 10.9. The molecule has 0 heterocycles. The highest BCUT2D eigenvalue weighted by Gasteiger charge is 2.24. The normalized spacial score (nSPS) is 11.9. The van der Waals surface area contributed by atoms with Crippen LogP contribution in [0.1, 0.15) is 0 Å². The predicted molar refractivity (Wildman–Crippen MR) is 62.0 cm³/mol. The molecule has 7 nitrogen and oxygen atoms in total. The van der Waals surface area contributed by atoms with Crippen molar-refractivity contribution in [3.8, 4) is 5.75 Å². The fourth-order valence-corrected chi connectivity index (χ4v) is 1.36. The molecule has 0 saturated heterocycles. The van der Waals surface area contributed by atoms with E-state index in [4.69, 9.17) is 21.4 Å². The summed E-state index contributed by atoms with van der Waals surface area (Å²) in [5.41, 5.74) is -0.359. The van der Waals surface area contributed by atoms with Gasteiger partial charge >= 0.3 is 11.7 Å². The summed E-state index contributed by atoms with van der Waals surface area (Å²) in [5.74, 6) is -1.50. The van der Waals surface area contributed by atoms with E-state index in [2.05, 4.69) is 4.74 Å². The van der Waals surface area contributed by atoms with Gasteiger partial charge in [0, 0.05) is 24.3 Å². The van der Waals surface area contributed by atoms with E-state index in [-0.39, 0.29) is 23.1 Å². The lowest BCUT2D eigenvalue weighted by Gasteiger charge is -2.14. The maximum Gasteiger partial charge on any atom is 0.347 e. The van der Waals surface area contributed by atoms with Crippen LogP contribution in [0.3, 0.4) is 0 Å². The molecule has 0 aliphatic rings. The average molecular weight is 276 g/mol. The van der Waals surface area contributed by atoms with Gasteiger partial charge in [0.25, 0.3) is 0 Å². The van der Waals surface area contributed by atoms with Gasteiger partial charge in [-0.15, -0.1) is 0 Å². The van der Waals surface area contributed by atoms with Crippen LogP contribution in [0.4, 0.5) is 5.69 Å². The zero-order valence-corrected chi connectivity index (χ0v) is 10.1. The van der Waals surface area contributed by atoms with Crippen LogP contribution in [-0.2, 0) is 9.53 Å². The van der Waals surface area contributed by atoms with Gasteiger partial charge < -0.3 is 14.6 Å². The van der Waals surface area contributed by atoms with E-state index < -0.39 is 17.0 Å². The van der Waals surface area contributed by atoms with Gasteiger partial charge in [0.2, 0.25) is 6.10 Å². The zero-order valence-electron chi connectivity index (χ0n) is 9.33. The summed E-state index contributed by atoms with van der Waals surface area (Å²) < 4.78 is 9.70. The Bertz CT molecular complexity index is 464. The van der Waals surface area contributed by atoms with Crippen LogP contribution in [0.25, 0.3) is 0 Å². The minimum atomic E-state index is -1.34. The number of methoxy groups -OCH3 is 1. The number of nitro benzene ring substituents is 1. The third-order valence-corrected chi connectivity index (χ3v) is 2.22. The second-order valence-corrected chi connectivity index (χ2v) is 3.71. The van der Waals surface area contributed by atoms with E-state index in [1.807, 2.05) is 0 Å². The first kappa shape index (κ1) is 14.2. The van der Waals surface area contributed by atoms with Crippen molar-refractivity contribution in [3.63, 3.8) is 0 Å². The van der Waals surface area contributed by atoms with Crippen LogP contribution in [0.5, 0.6) is 5.75 Å². The molecule has 0 radical (unpaired) electrons. The molecule has 0 spiro atoms. The van der Waals surface area contributed by atoms with Crippen LogP contribution in [0, 0.1) is 10.1 Å². The van der Waals surface area contributed by atoms with E-state index in [0.29, 0.717) is 0 Å². The Labute approximate surface area is 107 Å². The Morgan fingerprint density at radius 3 is 2.78 bits per heavy atom. The molecule has 0 aliphatic heterocycles. The highest BCUT2D eigenvalue weighted by atomic mass is 35.5. The van der Waals surface area contributed by atoms with Crippen molar-refractivity contribution in [2.75, 3.05) is 13.7 Å². The maximum absolute atomic E-state index is 10.9. The van der Waals surface area contributed by atoms with E-state index in [0.717, 1.165) is 6.07 Å². The van der Waals surface area contributed by atoms with Crippen molar-refractivity contribution < 1.29 is 24.3 Å². The van der Waals surface area contributed by atoms with Gasteiger partial charge in [-0.1, -0.05) is 11.6 Å². The molecule has 0 saturated carbocycles. The second-order valence-electron chi connectivity index (χ2n) is 3.27. The summed E-state index contributed by atoms with van der Waals surface area (Å²) in [6, 6.07) is 3.65. The highest BCUT2D eigenvalue weighted by Crippen LogP contribution is 2.30. The number of rotatable bonds is 6. The van der Waals surface area contributed by atoms with Crippen LogP contribution in [0.15, 0.2) is 18.2 Å². The molecule has 1 N–H and O–H groups in total. The number of carbonyl (C=O) groups is 1. The largest absolute Gasteiger partial charge is 0.478 e. The number of ether oxygens (including phenoxy) is 2. The van der Waals surface area contributed by atoms with Crippen LogP contribution in [0.2, 0.25) is 5.02 Å². The third kappa shape index (κ3) is 3.57. The van der Waals surface area contributed by atoms with Crippen molar-refractivity contribution in [2.45, 2.75) is 6.10 Å². The number of carboxylic acid groups (broad SMARTS) is 1. The first-order valence-electron chi connectivity index (χ1n) is 4.78. The number of aliphatic carboxylic acids is 1. The number of hydrogen-bond acceptors (Lipinski definition) is 5. The van der Waals surface area contributed by atoms with Gasteiger partial charge in [0.15, 0.2) is 5.75 Å². The molecular weight excluding hydrogens is 266 g/mol. The molecule has 0 bridgehead atoms. The molecule has 0 fully saturated rings. The van der Waals surface area contributed by atoms with E-state index >= 15 is 0 Å². The Hall–Kier alpha value is -1.86. The van der Waals surface area contributed by atoms with E-state index in [1.165, 1.54) is 19.2 Å². The molecule has 0 aliphatic carbocycles. The lowest BCUT2D eigenvalue weighted by molar-refractivity contribution is -0.386. The molecule has 1 aromatic rings. The number of nitrogens with zero attached hydrogens (tertiary/aromatic N) is 1. The topological polar surface area (TPSA) is 98.9 Å².